The number of nitrogens with zero attached hydrogens (tertiary/aromatic N) is 1. The van der Waals surface area contributed by atoms with Crippen molar-refractivity contribution in [2.24, 2.45) is 0 Å². The molecule has 1 aliphatic heterocycles. The number of ether oxygens (including phenoxy) is 4. The lowest BCUT2D eigenvalue weighted by atomic mass is 9.77. The van der Waals surface area contributed by atoms with Gasteiger partial charge in [0.05, 0.1) is 45.8 Å². The number of fused-ring (bicyclic) bond motifs is 3. The highest BCUT2D eigenvalue weighted by atomic mass is 16.5. The summed E-state index contributed by atoms with van der Waals surface area (Å²) in [6.07, 6.45) is 0.574. The average molecular weight is 569 g/mol. The van der Waals surface area contributed by atoms with E-state index in [9.17, 15) is 24.6 Å². The third-order valence-electron chi connectivity index (χ3n) is 7.43. The van der Waals surface area contributed by atoms with Crippen LogP contribution < -0.4 is 19.5 Å². The first-order chi connectivity index (χ1) is 19.9. The summed E-state index contributed by atoms with van der Waals surface area (Å²) in [7, 11) is 4.51. The number of methoxy groups -OCH3 is 3. The molecule has 4 unspecified atom stereocenters. The Labute approximate surface area is 238 Å². The van der Waals surface area contributed by atoms with Crippen LogP contribution in [0.2, 0.25) is 0 Å². The molecule has 0 saturated carbocycles. The van der Waals surface area contributed by atoms with E-state index in [0.29, 0.717) is 41.1 Å². The Balaban J connectivity index is 1.77. The van der Waals surface area contributed by atoms with Crippen molar-refractivity contribution in [2.75, 3.05) is 47.6 Å². The van der Waals surface area contributed by atoms with Crippen LogP contribution in [0.15, 0.2) is 48.0 Å². The number of benzene rings is 2. The van der Waals surface area contributed by atoms with E-state index in [1.165, 1.54) is 25.2 Å². The number of hydrogen-bond acceptors (Lipinski definition) is 9. The highest BCUT2D eigenvalue weighted by Gasteiger charge is 2.51. The summed E-state index contributed by atoms with van der Waals surface area (Å²) < 4.78 is 22.3. The zero-order chi connectivity index (χ0) is 29.5. The lowest BCUT2D eigenvalue weighted by Crippen LogP contribution is -2.56. The summed E-state index contributed by atoms with van der Waals surface area (Å²) >= 11 is 0. The highest BCUT2D eigenvalue weighted by molar-refractivity contribution is 5.96. The molecule has 220 valence electrons. The van der Waals surface area contributed by atoms with Crippen molar-refractivity contribution in [3.63, 3.8) is 0 Å². The smallest absolute Gasteiger partial charge is 0.247 e. The molecule has 0 saturated heterocycles. The number of aliphatic hydroxyl groups is 2. The quantitative estimate of drug-likeness (QED) is 0.304. The molecule has 3 N–H and O–H groups in total. The Morgan fingerprint density at radius 2 is 1.88 bits per heavy atom. The number of carbonyl (C=O) groups is 3. The molecular formula is C30H36N2O9. The van der Waals surface area contributed by atoms with E-state index < -0.39 is 30.1 Å². The molecule has 0 radical (unpaired) electrons. The van der Waals surface area contributed by atoms with Crippen molar-refractivity contribution >= 4 is 18.1 Å². The van der Waals surface area contributed by atoms with Crippen LogP contribution in [0.5, 0.6) is 17.2 Å². The van der Waals surface area contributed by atoms with Gasteiger partial charge < -0.3 is 39.4 Å². The number of hydrogen-bond donors (Lipinski definition) is 3. The van der Waals surface area contributed by atoms with Gasteiger partial charge >= 0.3 is 0 Å². The number of carbonyl (C=O) groups excluding carboxylic acids is 3. The molecule has 1 aliphatic carbocycles. The molecule has 0 bridgehead atoms. The fraction of sp³-hybridized carbons (Fsp3) is 0.433. The Morgan fingerprint density at radius 3 is 2.56 bits per heavy atom. The van der Waals surface area contributed by atoms with Crippen LogP contribution in [-0.2, 0) is 20.7 Å². The Kier molecular flexibility index (Phi) is 9.98. The fourth-order valence-corrected chi connectivity index (χ4v) is 5.48. The number of rotatable bonds is 13. The summed E-state index contributed by atoms with van der Waals surface area (Å²) in [6.45, 7) is 0.141. The van der Waals surface area contributed by atoms with Gasteiger partial charge in [-0.15, -0.1) is 0 Å². The largest absolute Gasteiger partial charge is 0.496 e. The monoisotopic (exact) mass is 568 g/mol. The first kappa shape index (κ1) is 30.0. The molecule has 2 amide bonds. The van der Waals surface area contributed by atoms with Crippen LogP contribution in [0, 0.1) is 0 Å². The Hall–Kier alpha value is -3.93. The van der Waals surface area contributed by atoms with Gasteiger partial charge in [-0.3, -0.25) is 14.4 Å². The van der Waals surface area contributed by atoms with Crippen molar-refractivity contribution in [3.8, 4) is 17.2 Å². The topological polar surface area (TPSA) is 144 Å². The van der Waals surface area contributed by atoms with Crippen LogP contribution >= 0.6 is 0 Å². The number of nitrogens with one attached hydrogen (secondary N) is 1. The molecule has 2 aromatic carbocycles. The highest BCUT2D eigenvalue weighted by Crippen LogP contribution is 2.51. The predicted molar refractivity (Wildman–Crippen MR) is 148 cm³/mol. The van der Waals surface area contributed by atoms with Crippen molar-refractivity contribution in [1.29, 1.82) is 0 Å². The van der Waals surface area contributed by atoms with Gasteiger partial charge in [0.25, 0.3) is 0 Å². The predicted octanol–water partition coefficient (Wildman–Crippen LogP) is 1.25. The molecule has 4 atom stereocenters. The van der Waals surface area contributed by atoms with Crippen LogP contribution in [0.3, 0.4) is 0 Å². The number of aldehydes is 1. The molecule has 0 aromatic heterocycles. The molecule has 11 heteroatoms. The summed E-state index contributed by atoms with van der Waals surface area (Å²) in [6, 6.07) is 9.68. The van der Waals surface area contributed by atoms with Gasteiger partial charge in [0, 0.05) is 36.9 Å². The number of para-hydroxylation sites is 1. The summed E-state index contributed by atoms with van der Waals surface area (Å²) in [4.78, 5) is 40.1. The minimum Gasteiger partial charge on any atom is -0.496 e. The molecule has 1 heterocycles. The zero-order valence-electron chi connectivity index (χ0n) is 23.4. The SMILES string of the molecule is COCCC(=O)N(CCc1ccccc1OC)C1C=C(C(=O)NCCO)C2c3cc(C=O)cc(OC)c3OC2C1O. The Morgan fingerprint density at radius 1 is 1.12 bits per heavy atom. The zero-order valence-corrected chi connectivity index (χ0v) is 23.4. The average Bonchev–Trinajstić information content (AvgIpc) is 3.39. The second-order valence-electron chi connectivity index (χ2n) is 9.79. The molecule has 2 aromatic rings. The maximum Gasteiger partial charge on any atom is 0.247 e. The van der Waals surface area contributed by atoms with Crippen LogP contribution in [0.25, 0.3) is 0 Å². The summed E-state index contributed by atoms with van der Waals surface area (Å²) in [5, 5.41) is 23.7. The van der Waals surface area contributed by atoms with Gasteiger partial charge in [0.1, 0.15) is 24.2 Å². The molecule has 0 fully saturated rings. The lowest BCUT2D eigenvalue weighted by molar-refractivity contribution is -0.138. The van der Waals surface area contributed by atoms with Crippen LogP contribution in [-0.4, -0.2) is 99.1 Å². The first-order valence-corrected chi connectivity index (χ1v) is 13.4. The third-order valence-corrected chi connectivity index (χ3v) is 7.43. The van der Waals surface area contributed by atoms with Gasteiger partial charge in [0.2, 0.25) is 11.8 Å². The minimum absolute atomic E-state index is 0.0104. The molecular weight excluding hydrogens is 532 g/mol. The molecule has 4 rings (SSSR count). The van der Waals surface area contributed by atoms with Crippen LogP contribution in [0.4, 0.5) is 0 Å². The van der Waals surface area contributed by atoms with Crippen molar-refractivity contribution < 1.29 is 43.5 Å². The normalized spacial score (nSPS) is 20.7. The maximum atomic E-state index is 13.5. The van der Waals surface area contributed by atoms with Gasteiger partial charge in [-0.25, -0.2) is 0 Å². The maximum absolute atomic E-state index is 13.5. The van der Waals surface area contributed by atoms with E-state index in [1.807, 2.05) is 24.3 Å². The van der Waals surface area contributed by atoms with Gasteiger partial charge in [0.15, 0.2) is 11.5 Å². The molecule has 11 nitrogen and oxygen atoms in total. The van der Waals surface area contributed by atoms with E-state index in [0.717, 1.165) is 5.56 Å². The molecule has 0 spiro atoms. The standard InChI is InChI=1S/C30H36N2O9/c1-38-13-9-25(35)32(11-8-19-6-4-5-7-23(19)39-2)22-16-21(30(37)31-10-12-33)26-20-14-18(17-34)15-24(40-3)28(20)41-29(26)27(22)36/h4-7,14-17,22,26-27,29,33,36H,8-13H2,1-3H3,(H,31,37). The molecule has 41 heavy (non-hydrogen) atoms. The third kappa shape index (κ3) is 6.22. The summed E-state index contributed by atoms with van der Waals surface area (Å²) in [5.41, 5.74) is 1.98. The van der Waals surface area contributed by atoms with E-state index in [4.69, 9.17) is 18.9 Å². The molecule has 2 aliphatic rings. The van der Waals surface area contributed by atoms with E-state index in [2.05, 4.69) is 5.32 Å². The first-order valence-electron chi connectivity index (χ1n) is 13.4. The number of amides is 2. The summed E-state index contributed by atoms with van der Waals surface area (Å²) in [5.74, 6) is -0.206. The second-order valence-corrected chi connectivity index (χ2v) is 9.79. The van der Waals surface area contributed by atoms with E-state index in [1.54, 1.807) is 19.3 Å². The van der Waals surface area contributed by atoms with Crippen LogP contribution in [0.1, 0.15) is 33.8 Å². The number of aliphatic hydroxyl groups excluding tert-OH is 2. The van der Waals surface area contributed by atoms with Gasteiger partial charge in [-0.1, -0.05) is 18.2 Å². The van der Waals surface area contributed by atoms with Crippen molar-refractivity contribution in [2.45, 2.75) is 37.0 Å². The minimum atomic E-state index is -1.23. The lowest BCUT2D eigenvalue weighted by Gasteiger charge is -2.41. The van der Waals surface area contributed by atoms with E-state index in [-0.39, 0.29) is 44.2 Å². The Bertz CT molecular complexity index is 1290. The van der Waals surface area contributed by atoms with Crippen molar-refractivity contribution in [1.82, 2.24) is 10.2 Å². The van der Waals surface area contributed by atoms with Crippen molar-refractivity contribution in [3.05, 3.63) is 64.7 Å². The second kappa shape index (κ2) is 13.6. The fourth-order valence-electron chi connectivity index (χ4n) is 5.48. The van der Waals surface area contributed by atoms with Gasteiger partial charge in [-0.05, 0) is 36.3 Å². The van der Waals surface area contributed by atoms with Gasteiger partial charge in [-0.2, -0.15) is 0 Å². The van der Waals surface area contributed by atoms with E-state index >= 15 is 0 Å².